The molecule has 3 fully saturated rings. The number of halogens is 3. The minimum atomic E-state index is -4.92. The quantitative estimate of drug-likeness (QED) is 0.264. The van der Waals surface area contributed by atoms with Crippen LogP contribution in [-0.2, 0) is 9.53 Å². The lowest BCUT2D eigenvalue weighted by atomic mass is 9.47. The van der Waals surface area contributed by atoms with E-state index in [9.17, 15) is 18.0 Å². The highest BCUT2D eigenvalue weighted by atomic mass is 19.4. The van der Waals surface area contributed by atoms with Gasteiger partial charge in [0.15, 0.2) is 0 Å². The summed E-state index contributed by atoms with van der Waals surface area (Å²) in [5.41, 5.74) is 1.63. The first-order valence-corrected chi connectivity index (χ1v) is 14.5. The van der Waals surface area contributed by atoms with Crippen molar-refractivity contribution in [3.63, 3.8) is 0 Å². The Kier molecular flexibility index (Phi) is 7.82. The molecule has 204 valence electrons. The van der Waals surface area contributed by atoms with Crippen molar-refractivity contribution in [3.05, 3.63) is 23.8 Å². The predicted octanol–water partition coefficient (Wildman–Crippen LogP) is 8.91. The molecule has 4 rings (SSSR count). The molecule has 0 heterocycles. The molecule has 0 radical (unpaired) electrons. The highest BCUT2D eigenvalue weighted by Crippen LogP contribution is 2.67. The normalized spacial score (nSPS) is 40.3. The number of alkyl halides is 3. The summed E-state index contributed by atoms with van der Waals surface area (Å²) in [7, 11) is 0. The van der Waals surface area contributed by atoms with E-state index in [0.29, 0.717) is 47.8 Å². The molecule has 36 heavy (non-hydrogen) atoms. The van der Waals surface area contributed by atoms with Gasteiger partial charge in [0.05, 0.1) is 0 Å². The zero-order valence-electron chi connectivity index (χ0n) is 23.2. The summed E-state index contributed by atoms with van der Waals surface area (Å²) in [4.78, 5) is 11.4. The second-order valence-electron chi connectivity index (χ2n) is 13.3. The topological polar surface area (TPSA) is 26.3 Å². The van der Waals surface area contributed by atoms with Crippen LogP contribution >= 0.6 is 0 Å². The van der Waals surface area contributed by atoms with Crippen LogP contribution in [0.3, 0.4) is 0 Å². The van der Waals surface area contributed by atoms with E-state index in [0.717, 1.165) is 24.7 Å². The molecule has 4 aliphatic rings. The lowest BCUT2D eigenvalue weighted by molar-refractivity contribution is -0.206. The van der Waals surface area contributed by atoms with Crippen LogP contribution in [0.15, 0.2) is 23.8 Å². The monoisotopic (exact) mass is 508 g/mol. The average molecular weight is 509 g/mol. The Bertz CT molecular complexity index is 874. The smallest absolute Gasteiger partial charge is 0.455 e. The van der Waals surface area contributed by atoms with Crippen LogP contribution in [0.2, 0.25) is 0 Å². The van der Waals surface area contributed by atoms with Gasteiger partial charge in [0, 0.05) is 6.42 Å². The van der Waals surface area contributed by atoms with Crippen LogP contribution in [0, 0.1) is 52.3 Å². The molecule has 0 aromatic heterocycles. The van der Waals surface area contributed by atoms with E-state index < -0.39 is 18.2 Å². The van der Waals surface area contributed by atoms with Crippen molar-refractivity contribution in [1.82, 2.24) is 0 Å². The second kappa shape index (κ2) is 10.1. The molecule has 0 N–H and O–H groups in total. The number of ether oxygens (including phenoxy) is 1. The van der Waals surface area contributed by atoms with E-state index in [-0.39, 0.29) is 5.41 Å². The molecule has 4 aliphatic carbocycles. The van der Waals surface area contributed by atoms with Crippen LogP contribution in [0.1, 0.15) is 99.3 Å². The lowest BCUT2D eigenvalue weighted by Crippen LogP contribution is -2.51. The highest BCUT2D eigenvalue weighted by molar-refractivity contribution is 5.75. The number of carbonyl (C=O) groups is 1. The molecule has 3 saturated carbocycles. The molecule has 0 amide bonds. The van der Waals surface area contributed by atoms with Crippen molar-refractivity contribution in [2.45, 2.75) is 112 Å². The third-order valence-electron chi connectivity index (χ3n) is 11.3. The van der Waals surface area contributed by atoms with Crippen LogP contribution in [-0.4, -0.2) is 18.2 Å². The van der Waals surface area contributed by atoms with Gasteiger partial charge >= 0.3 is 12.1 Å². The zero-order chi connectivity index (χ0) is 26.5. The standard InChI is InChI=1S/C31H47F3O2/c1-7-21(19(2)3)9-8-20(4)25-12-13-26-24-11-10-22-18-23(36-28(35)31(32,33)34)14-16-29(22,5)27(24)15-17-30(25,26)6/h8-10,19-21,23-27H,7,11-18H2,1-6H3/b9-8+/t20-,21-,23+,24+,25-,26+,27+,29+,30-/m1/s1. The Labute approximate surface area is 216 Å². The molecule has 0 unspecified atom stereocenters. The number of hydrogen-bond donors (Lipinski definition) is 0. The van der Waals surface area contributed by atoms with Crippen LogP contribution in [0.5, 0.6) is 0 Å². The van der Waals surface area contributed by atoms with Gasteiger partial charge in [-0.05, 0) is 104 Å². The zero-order valence-corrected chi connectivity index (χ0v) is 23.2. The Hall–Kier alpha value is -1.26. The number of hydrogen-bond acceptors (Lipinski definition) is 2. The van der Waals surface area contributed by atoms with Gasteiger partial charge in [0.25, 0.3) is 0 Å². The number of esters is 1. The number of fused-ring (bicyclic) bond motifs is 5. The maximum absolute atomic E-state index is 12.7. The van der Waals surface area contributed by atoms with Gasteiger partial charge in [-0.2, -0.15) is 13.2 Å². The van der Waals surface area contributed by atoms with Crippen molar-refractivity contribution < 1.29 is 22.7 Å². The molecule has 0 aromatic rings. The molecule has 2 nitrogen and oxygen atoms in total. The van der Waals surface area contributed by atoms with Gasteiger partial charge in [-0.1, -0.05) is 65.3 Å². The molecule has 0 bridgehead atoms. The van der Waals surface area contributed by atoms with Crippen molar-refractivity contribution >= 4 is 5.97 Å². The predicted molar refractivity (Wildman–Crippen MR) is 138 cm³/mol. The van der Waals surface area contributed by atoms with E-state index >= 15 is 0 Å². The van der Waals surface area contributed by atoms with Crippen molar-refractivity contribution in [2.75, 3.05) is 0 Å². The number of rotatable bonds is 6. The fraction of sp³-hybridized carbons (Fsp3) is 0.839. The van der Waals surface area contributed by atoms with Crippen LogP contribution in [0.4, 0.5) is 13.2 Å². The second-order valence-corrected chi connectivity index (χ2v) is 13.3. The molecule has 5 heteroatoms. The van der Waals surface area contributed by atoms with E-state index in [1.807, 2.05) is 0 Å². The maximum Gasteiger partial charge on any atom is 0.490 e. The van der Waals surface area contributed by atoms with Gasteiger partial charge in [-0.15, -0.1) is 0 Å². The van der Waals surface area contributed by atoms with Crippen molar-refractivity contribution in [3.8, 4) is 0 Å². The molecule has 0 aromatic carbocycles. The molecule has 9 atom stereocenters. The van der Waals surface area contributed by atoms with Crippen molar-refractivity contribution in [2.24, 2.45) is 52.3 Å². The van der Waals surface area contributed by atoms with E-state index in [1.165, 1.54) is 37.7 Å². The van der Waals surface area contributed by atoms with Gasteiger partial charge in [-0.3, -0.25) is 0 Å². The molecule has 0 spiro atoms. The van der Waals surface area contributed by atoms with Gasteiger partial charge < -0.3 is 4.74 Å². The number of allylic oxidation sites excluding steroid dienone is 3. The summed E-state index contributed by atoms with van der Waals surface area (Å²) in [5, 5.41) is 0. The summed E-state index contributed by atoms with van der Waals surface area (Å²) in [6, 6.07) is 0. The fourth-order valence-corrected chi connectivity index (χ4v) is 9.13. The largest absolute Gasteiger partial charge is 0.490 e. The summed E-state index contributed by atoms with van der Waals surface area (Å²) < 4.78 is 43.1. The van der Waals surface area contributed by atoms with Crippen LogP contribution in [0.25, 0.3) is 0 Å². The van der Waals surface area contributed by atoms with Gasteiger partial charge in [0.1, 0.15) is 6.10 Å². The SMILES string of the molecule is CC[C@H](/C=C/[C@@H](C)[C@H]1CC[C@H]2[C@@H]3CC=C4C[C@@H](OC(=O)C(F)(F)F)CC[C@]4(C)[C@H]3CC[C@]12C)C(C)C. The Morgan fingerprint density at radius 1 is 1.08 bits per heavy atom. The van der Waals surface area contributed by atoms with E-state index in [1.54, 1.807) is 0 Å². The van der Waals surface area contributed by atoms with Crippen molar-refractivity contribution in [1.29, 1.82) is 0 Å². The Morgan fingerprint density at radius 3 is 2.44 bits per heavy atom. The van der Waals surface area contributed by atoms with E-state index in [2.05, 4.69) is 59.8 Å². The Balaban J connectivity index is 1.47. The summed E-state index contributed by atoms with van der Waals surface area (Å²) >= 11 is 0. The molecular formula is C31H47F3O2. The lowest BCUT2D eigenvalue weighted by Gasteiger charge is -2.58. The molecular weight excluding hydrogens is 461 g/mol. The van der Waals surface area contributed by atoms with Gasteiger partial charge in [-0.25, -0.2) is 4.79 Å². The summed E-state index contributed by atoms with van der Waals surface area (Å²) in [6.07, 6.45) is 10.8. The fourth-order valence-electron chi connectivity index (χ4n) is 9.13. The third kappa shape index (κ3) is 4.94. The first-order chi connectivity index (χ1) is 16.8. The van der Waals surface area contributed by atoms with Gasteiger partial charge in [0.2, 0.25) is 0 Å². The number of carbonyl (C=O) groups excluding carboxylic acids is 1. The Morgan fingerprint density at radius 2 is 1.81 bits per heavy atom. The molecule has 0 saturated heterocycles. The molecule has 0 aliphatic heterocycles. The maximum atomic E-state index is 12.7. The first-order valence-electron chi connectivity index (χ1n) is 14.5. The van der Waals surface area contributed by atoms with E-state index in [4.69, 9.17) is 4.74 Å². The minimum absolute atomic E-state index is 0.0284. The minimum Gasteiger partial charge on any atom is -0.455 e. The van der Waals surface area contributed by atoms with Crippen LogP contribution < -0.4 is 0 Å². The highest BCUT2D eigenvalue weighted by Gasteiger charge is 2.59. The average Bonchev–Trinajstić information content (AvgIpc) is 3.16. The third-order valence-corrected chi connectivity index (χ3v) is 11.3. The summed E-state index contributed by atoms with van der Waals surface area (Å²) in [6.45, 7) is 14.2. The summed E-state index contributed by atoms with van der Waals surface area (Å²) in [5.74, 6) is 2.57. The first kappa shape index (κ1) is 27.8.